The SMILES string of the molecule is Cc1nc2n(n1)C[C@@H](NCc1cn[nH]c1-c1ccc(C)o1)CC2. The monoisotopic (exact) mass is 312 g/mol. The lowest BCUT2D eigenvalue weighted by Gasteiger charge is -2.23. The molecule has 0 radical (unpaired) electrons. The van der Waals surface area contributed by atoms with Crippen LogP contribution in [0.25, 0.3) is 11.5 Å². The zero-order valence-electron chi connectivity index (χ0n) is 13.3. The first kappa shape index (κ1) is 14.2. The third-order valence-corrected chi connectivity index (χ3v) is 4.25. The first-order chi connectivity index (χ1) is 11.2. The first-order valence-corrected chi connectivity index (χ1v) is 7.92. The van der Waals surface area contributed by atoms with Crippen molar-refractivity contribution in [2.45, 2.75) is 45.8 Å². The van der Waals surface area contributed by atoms with Crippen molar-refractivity contribution in [3.63, 3.8) is 0 Å². The average molecular weight is 312 g/mol. The lowest BCUT2D eigenvalue weighted by atomic mass is 10.1. The highest BCUT2D eigenvalue weighted by atomic mass is 16.3. The van der Waals surface area contributed by atoms with Crippen molar-refractivity contribution in [3.05, 3.63) is 41.3 Å². The molecule has 0 saturated carbocycles. The van der Waals surface area contributed by atoms with Gasteiger partial charge in [-0.15, -0.1) is 0 Å². The van der Waals surface area contributed by atoms with Crippen molar-refractivity contribution < 1.29 is 4.42 Å². The molecule has 7 nitrogen and oxygen atoms in total. The van der Waals surface area contributed by atoms with E-state index >= 15 is 0 Å². The second kappa shape index (κ2) is 5.66. The number of nitrogens with one attached hydrogen (secondary N) is 2. The Hall–Kier alpha value is -2.41. The Morgan fingerprint density at radius 3 is 3.13 bits per heavy atom. The van der Waals surface area contributed by atoms with Crippen LogP contribution in [0.5, 0.6) is 0 Å². The van der Waals surface area contributed by atoms with Gasteiger partial charge < -0.3 is 9.73 Å². The van der Waals surface area contributed by atoms with Crippen LogP contribution in [0, 0.1) is 13.8 Å². The minimum absolute atomic E-state index is 0.393. The highest BCUT2D eigenvalue weighted by Crippen LogP contribution is 2.23. The molecule has 0 aliphatic carbocycles. The second-order valence-corrected chi connectivity index (χ2v) is 6.05. The molecule has 1 aliphatic heterocycles. The van der Waals surface area contributed by atoms with E-state index in [4.69, 9.17) is 4.42 Å². The molecule has 23 heavy (non-hydrogen) atoms. The van der Waals surface area contributed by atoms with Crippen LogP contribution in [0.15, 0.2) is 22.7 Å². The molecule has 4 rings (SSSR count). The Balaban J connectivity index is 1.43. The molecule has 0 bridgehead atoms. The maximum atomic E-state index is 5.69. The normalized spacial score (nSPS) is 17.4. The zero-order valence-corrected chi connectivity index (χ0v) is 13.3. The van der Waals surface area contributed by atoms with E-state index in [2.05, 4.69) is 25.6 Å². The smallest absolute Gasteiger partial charge is 0.152 e. The number of nitrogens with zero attached hydrogens (tertiary/aromatic N) is 4. The van der Waals surface area contributed by atoms with Gasteiger partial charge in [-0.05, 0) is 32.4 Å². The summed E-state index contributed by atoms with van der Waals surface area (Å²) >= 11 is 0. The minimum atomic E-state index is 0.393. The van der Waals surface area contributed by atoms with E-state index in [9.17, 15) is 0 Å². The van der Waals surface area contributed by atoms with Crippen LogP contribution in [0.3, 0.4) is 0 Å². The number of rotatable bonds is 4. The molecule has 3 aromatic rings. The molecule has 0 saturated heterocycles. The highest BCUT2D eigenvalue weighted by Gasteiger charge is 2.21. The molecule has 4 heterocycles. The molecule has 2 N–H and O–H groups in total. The van der Waals surface area contributed by atoms with Crippen LogP contribution in [-0.4, -0.2) is 31.0 Å². The molecule has 1 aliphatic rings. The van der Waals surface area contributed by atoms with Crippen molar-refractivity contribution in [2.24, 2.45) is 0 Å². The number of aromatic nitrogens is 5. The fourth-order valence-corrected chi connectivity index (χ4v) is 3.08. The van der Waals surface area contributed by atoms with E-state index in [1.807, 2.05) is 36.9 Å². The molecule has 0 amide bonds. The van der Waals surface area contributed by atoms with E-state index in [-0.39, 0.29) is 0 Å². The van der Waals surface area contributed by atoms with Gasteiger partial charge in [0.25, 0.3) is 0 Å². The number of aryl methyl sites for hydroxylation is 3. The molecular weight excluding hydrogens is 292 g/mol. The van der Waals surface area contributed by atoms with Crippen molar-refractivity contribution >= 4 is 0 Å². The van der Waals surface area contributed by atoms with E-state index < -0.39 is 0 Å². The number of furan rings is 1. The summed E-state index contributed by atoms with van der Waals surface area (Å²) in [6.45, 7) is 5.50. The van der Waals surface area contributed by atoms with Crippen LogP contribution in [0.2, 0.25) is 0 Å². The van der Waals surface area contributed by atoms with Gasteiger partial charge in [0, 0.05) is 24.6 Å². The molecular formula is C16H20N6O. The van der Waals surface area contributed by atoms with Gasteiger partial charge in [0.05, 0.1) is 12.7 Å². The number of hydrogen-bond acceptors (Lipinski definition) is 5. The van der Waals surface area contributed by atoms with Crippen LogP contribution in [0.1, 0.15) is 29.4 Å². The van der Waals surface area contributed by atoms with Gasteiger partial charge in [-0.3, -0.25) is 5.10 Å². The Morgan fingerprint density at radius 2 is 2.30 bits per heavy atom. The molecule has 0 spiro atoms. The molecule has 1 atom stereocenters. The van der Waals surface area contributed by atoms with Gasteiger partial charge in [-0.2, -0.15) is 10.2 Å². The number of hydrogen-bond donors (Lipinski definition) is 2. The minimum Gasteiger partial charge on any atom is -0.460 e. The quantitative estimate of drug-likeness (QED) is 0.769. The molecule has 0 fully saturated rings. The maximum absolute atomic E-state index is 5.69. The summed E-state index contributed by atoms with van der Waals surface area (Å²) in [4.78, 5) is 4.45. The van der Waals surface area contributed by atoms with Gasteiger partial charge in [0.15, 0.2) is 5.76 Å². The largest absolute Gasteiger partial charge is 0.460 e. The van der Waals surface area contributed by atoms with Gasteiger partial charge in [-0.1, -0.05) is 0 Å². The summed E-state index contributed by atoms with van der Waals surface area (Å²) in [6, 6.07) is 4.32. The average Bonchev–Trinajstić information content (AvgIpc) is 3.22. The Morgan fingerprint density at radius 1 is 1.39 bits per heavy atom. The Kier molecular flexibility index (Phi) is 3.49. The topological polar surface area (TPSA) is 84.6 Å². The lowest BCUT2D eigenvalue weighted by Crippen LogP contribution is -2.37. The summed E-state index contributed by atoms with van der Waals surface area (Å²) in [7, 11) is 0. The van der Waals surface area contributed by atoms with Crippen LogP contribution in [0.4, 0.5) is 0 Å². The lowest BCUT2D eigenvalue weighted by molar-refractivity contribution is 0.357. The zero-order chi connectivity index (χ0) is 15.8. The third-order valence-electron chi connectivity index (χ3n) is 4.25. The molecule has 7 heteroatoms. The fraction of sp³-hybridized carbons (Fsp3) is 0.438. The summed E-state index contributed by atoms with van der Waals surface area (Å²) in [6.07, 6.45) is 3.90. The van der Waals surface area contributed by atoms with Gasteiger partial charge in [0.2, 0.25) is 0 Å². The summed E-state index contributed by atoms with van der Waals surface area (Å²) in [5.41, 5.74) is 2.05. The summed E-state index contributed by atoms with van der Waals surface area (Å²) in [5.74, 6) is 3.67. The standard InChI is InChI=1S/C16H20N6O/c1-10-3-5-14(23-10)16-12(8-18-20-16)7-17-13-4-6-15-19-11(2)21-22(15)9-13/h3,5,8,13,17H,4,6-7,9H2,1-2H3,(H,18,20)/t13-/m0/s1. The van der Waals surface area contributed by atoms with Crippen molar-refractivity contribution in [1.29, 1.82) is 0 Å². The molecule has 120 valence electrons. The summed E-state index contributed by atoms with van der Waals surface area (Å²) < 4.78 is 7.70. The van der Waals surface area contributed by atoms with Crippen LogP contribution < -0.4 is 5.32 Å². The number of H-pyrrole nitrogens is 1. The first-order valence-electron chi connectivity index (χ1n) is 7.92. The fourth-order valence-electron chi connectivity index (χ4n) is 3.08. The number of aromatic amines is 1. The second-order valence-electron chi connectivity index (χ2n) is 6.05. The van der Waals surface area contributed by atoms with Crippen molar-refractivity contribution in [3.8, 4) is 11.5 Å². The highest BCUT2D eigenvalue weighted by molar-refractivity contribution is 5.56. The Labute approximate surface area is 134 Å². The molecule has 3 aromatic heterocycles. The van der Waals surface area contributed by atoms with Crippen LogP contribution >= 0.6 is 0 Å². The van der Waals surface area contributed by atoms with E-state index in [1.54, 1.807) is 0 Å². The third kappa shape index (κ3) is 2.79. The van der Waals surface area contributed by atoms with Gasteiger partial charge in [0.1, 0.15) is 23.1 Å². The van der Waals surface area contributed by atoms with Crippen molar-refractivity contribution in [2.75, 3.05) is 0 Å². The van der Waals surface area contributed by atoms with E-state index in [0.29, 0.717) is 6.04 Å². The predicted molar refractivity (Wildman–Crippen MR) is 84.7 cm³/mol. The van der Waals surface area contributed by atoms with Crippen LogP contribution in [-0.2, 0) is 19.5 Å². The summed E-state index contributed by atoms with van der Waals surface area (Å²) in [5, 5.41) is 15.2. The van der Waals surface area contributed by atoms with Gasteiger partial charge in [-0.25, -0.2) is 9.67 Å². The number of fused-ring (bicyclic) bond motifs is 1. The van der Waals surface area contributed by atoms with Gasteiger partial charge >= 0.3 is 0 Å². The molecule has 0 unspecified atom stereocenters. The van der Waals surface area contributed by atoms with Crippen molar-refractivity contribution in [1.82, 2.24) is 30.3 Å². The maximum Gasteiger partial charge on any atom is 0.152 e. The predicted octanol–water partition coefficient (Wildman–Crippen LogP) is 1.98. The Bertz CT molecular complexity index is 814. The molecule has 0 aromatic carbocycles. The van der Waals surface area contributed by atoms with E-state index in [1.165, 1.54) is 0 Å². The van der Waals surface area contributed by atoms with E-state index in [0.717, 1.165) is 60.4 Å².